The molecule has 1 amide bonds. The van der Waals surface area contributed by atoms with Crippen LogP contribution in [0, 0.1) is 0 Å². The second-order valence-electron chi connectivity index (χ2n) is 6.05. The number of carbonyl (C=O) groups excluding carboxylic acids is 2. The van der Waals surface area contributed by atoms with Gasteiger partial charge in [-0.05, 0) is 37.2 Å². The van der Waals surface area contributed by atoms with Crippen LogP contribution in [-0.2, 0) is 19.4 Å². The summed E-state index contributed by atoms with van der Waals surface area (Å²) in [6, 6.07) is 6.46. The van der Waals surface area contributed by atoms with Gasteiger partial charge in [-0.3, -0.25) is 9.69 Å². The fourth-order valence-corrected chi connectivity index (χ4v) is 4.70. The molecular formula is C17H24N2O5S. The third kappa shape index (κ3) is 5.54. The van der Waals surface area contributed by atoms with E-state index in [1.54, 1.807) is 24.3 Å². The van der Waals surface area contributed by atoms with Gasteiger partial charge < -0.3 is 10.1 Å². The Kier molecular flexibility index (Phi) is 6.55. The average Bonchev–Trinajstić information content (AvgIpc) is 2.95. The number of nitrogens with one attached hydrogen (secondary N) is 1. The summed E-state index contributed by atoms with van der Waals surface area (Å²) >= 11 is 0. The van der Waals surface area contributed by atoms with Crippen molar-refractivity contribution in [3.8, 4) is 0 Å². The largest absolute Gasteiger partial charge is 0.465 e. The van der Waals surface area contributed by atoms with Crippen LogP contribution in [0.15, 0.2) is 24.3 Å². The highest BCUT2D eigenvalue weighted by molar-refractivity contribution is 7.91. The number of esters is 1. The Bertz CT molecular complexity index is 715. The number of benzene rings is 1. The van der Waals surface area contributed by atoms with Gasteiger partial charge in [0.1, 0.15) is 0 Å². The van der Waals surface area contributed by atoms with Crippen molar-refractivity contribution in [2.24, 2.45) is 0 Å². The van der Waals surface area contributed by atoms with Crippen molar-refractivity contribution in [1.82, 2.24) is 4.90 Å². The van der Waals surface area contributed by atoms with Crippen LogP contribution in [0.25, 0.3) is 0 Å². The Morgan fingerprint density at radius 1 is 1.28 bits per heavy atom. The van der Waals surface area contributed by atoms with Gasteiger partial charge in [-0.15, -0.1) is 0 Å². The molecule has 1 N–H and O–H groups in total. The molecule has 0 aliphatic carbocycles. The number of hydrogen-bond acceptors (Lipinski definition) is 6. The van der Waals surface area contributed by atoms with E-state index in [0.29, 0.717) is 30.8 Å². The first-order valence-corrected chi connectivity index (χ1v) is 10.1. The fraction of sp³-hybridized carbons (Fsp3) is 0.529. The van der Waals surface area contributed by atoms with Crippen LogP contribution in [0.2, 0.25) is 0 Å². The molecular weight excluding hydrogens is 344 g/mol. The molecule has 1 aromatic rings. The van der Waals surface area contributed by atoms with Gasteiger partial charge in [0.2, 0.25) is 5.91 Å². The third-order valence-electron chi connectivity index (χ3n) is 4.35. The maximum Gasteiger partial charge on any atom is 0.337 e. The summed E-state index contributed by atoms with van der Waals surface area (Å²) in [4.78, 5) is 25.5. The van der Waals surface area contributed by atoms with Crippen LogP contribution in [-0.4, -0.2) is 62.9 Å². The Hall–Kier alpha value is -1.93. The molecule has 7 nitrogen and oxygen atoms in total. The van der Waals surface area contributed by atoms with Gasteiger partial charge in [-0.25, -0.2) is 13.2 Å². The van der Waals surface area contributed by atoms with Crippen molar-refractivity contribution in [2.75, 3.05) is 37.0 Å². The highest BCUT2D eigenvalue weighted by Gasteiger charge is 2.31. The molecule has 0 radical (unpaired) electrons. The molecule has 1 aliphatic rings. The number of hydrogen-bond donors (Lipinski definition) is 1. The molecule has 1 saturated heterocycles. The summed E-state index contributed by atoms with van der Waals surface area (Å²) in [6.07, 6.45) is 0.913. The van der Waals surface area contributed by atoms with Crippen molar-refractivity contribution < 1.29 is 22.7 Å². The van der Waals surface area contributed by atoms with Gasteiger partial charge in [-0.2, -0.15) is 0 Å². The van der Waals surface area contributed by atoms with E-state index in [0.717, 1.165) is 0 Å². The number of sulfone groups is 1. The minimum atomic E-state index is -2.93. The molecule has 0 saturated carbocycles. The van der Waals surface area contributed by atoms with E-state index in [4.69, 9.17) is 0 Å². The summed E-state index contributed by atoms with van der Waals surface area (Å²) in [5, 5.41) is 2.78. The summed E-state index contributed by atoms with van der Waals surface area (Å²) in [6.45, 7) is 3.19. The summed E-state index contributed by atoms with van der Waals surface area (Å²) < 4.78 is 27.8. The van der Waals surface area contributed by atoms with Crippen LogP contribution in [0.5, 0.6) is 0 Å². The molecule has 8 heteroatoms. The zero-order chi connectivity index (χ0) is 18.4. The maximum absolute atomic E-state index is 12.1. The summed E-state index contributed by atoms with van der Waals surface area (Å²) in [5.74, 6) is -0.169. The van der Waals surface area contributed by atoms with Gasteiger partial charge in [0.25, 0.3) is 0 Å². The summed E-state index contributed by atoms with van der Waals surface area (Å²) in [5.41, 5.74) is 1.02. The van der Waals surface area contributed by atoms with Crippen LogP contribution < -0.4 is 5.32 Å². The Labute approximate surface area is 148 Å². The number of anilines is 1. The lowest BCUT2D eigenvalue weighted by atomic mass is 10.2. The molecule has 0 bridgehead atoms. The fourth-order valence-electron chi connectivity index (χ4n) is 2.94. The maximum atomic E-state index is 12.1. The first kappa shape index (κ1) is 19.4. The first-order valence-electron chi connectivity index (χ1n) is 8.27. The predicted octanol–water partition coefficient (Wildman–Crippen LogP) is 1.31. The lowest BCUT2D eigenvalue weighted by Crippen LogP contribution is -2.38. The van der Waals surface area contributed by atoms with Crippen molar-refractivity contribution >= 4 is 27.4 Å². The van der Waals surface area contributed by atoms with Crippen LogP contribution >= 0.6 is 0 Å². The lowest BCUT2D eigenvalue weighted by Gasteiger charge is -2.26. The van der Waals surface area contributed by atoms with Gasteiger partial charge in [0.15, 0.2) is 9.84 Å². The smallest absolute Gasteiger partial charge is 0.337 e. The van der Waals surface area contributed by atoms with E-state index >= 15 is 0 Å². The van der Waals surface area contributed by atoms with Crippen LogP contribution in [0.4, 0.5) is 5.69 Å². The Balaban J connectivity index is 1.84. The molecule has 0 aromatic heterocycles. The monoisotopic (exact) mass is 368 g/mol. The second kappa shape index (κ2) is 8.44. The number of carbonyl (C=O) groups is 2. The quantitative estimate of drug-likeness (QED) is 0.730. The number of amides is 1. The molecule has 0 spiro atoms. The molecule has 1 heterocycles. The first-order chi connectivity index (χ1) is 11.8. The Morgan fingerprint density at radius 3 is 2.48 bits per heavy atom. The van der Waals surface area contributed by atoms with Gasteiger partial charge >= 0.3 is 5.97 Å². The normalized spacial score (nSPS) is 18.9. The average molecular weight is 368 g/mol. The number of methoxy groups -OCH3 is 1. The lowest BCUT2D eigenvalue weighted by molar-refractivity contribution is -0.116. The molecule has 2 rings (SSSR count). The van der Waals surface area contributed by atoms with E-state index in [-0.39, 0.29) is 29.9 Å². The standard InChI is InChI=1S/C17H24N2O5S/c1-3-19(15-9-11-25(22,23)12-15)10-8-16(20)18-14-6-4-13(5-7-14)17(21)24-2/h4-7,15H,3,8-12H2,1-2H3,(H,18,20). The minimum absolute atomic E-state index is 0.00198. The SMILES string of the molecule is CCN(CCC(=O)Nc1ccc(C(=O)OC)cc1)C1CCS(=O)(=O)C1. The van der Waals surface area contributed by atoms with E-state index in [1.165, 1.54) is 7.11 Å². The number of ether oxygens (including phenoxy) is 1. The second-order valence-corrected chi connectivity index (χ2v) is 8.28. The predicted molar refractivity (Wildman–Crippen MR) is 95.3 cm³/mol. The van der Waals surface area contributed by atoms with Gasteiger partial charge in [0.05, 0.1) is 24.2 Å². The molecule has 1 aliphatic heterocycles. The number of rotatable bonds is 7. The van der Waals surface area contributed by atoms with Crippen molar-refractivity contribution in [1.29, 1.82) is 0 Å². The van der Waals surface area contributed by atoms with Crippen LogP contribution in [0.1, 0.15) is 30.1 Å². The highest BCUT2D eigenvalue weighted by Crippen LogP contribution is 2.18. The molecule has 25 heavy (non-hydrogen) atoms. The minimum Gasteiger partial charge on any atom is -0.465 e. The van der Waals surface area contributed by atoms with Crippen molar-refractivity contribution in [3.63, 3.8) is 0 Å². The third-order valence-corrected chi connectivity index (χ3v) is 6.10. The molecule has 1 unspecified atom stereocenters. The van der Waals surface area contributed by atoms with E-state index < -0.39 is 15.8 Å². The van der Waals surface area contributed by atoms with E-state index in [9.17, 15) is 18.0 Å². The zero-order valence-corrected chi connectivity index (χ0v) is 15.3. The number of nitrogens with zero attached hydrogens (tertiary/aromatic N) is 1. The van der Waals surface area contributed by atoms with Crippen molar-refractivity contribution in [2.45, 2.75) is 25.8 Å². The molecule has 1 fully saturated rings. The molecule has 1 atom stereocenters. The highest BCUT2D eigenvalue weighted by atomic mass is 32.2. The van der Waals surface area contributed by atoms with Gasteiger partial charge in [0, 0.05) is 24.7 Å². The van der Waals surface area contributed by atoms with Gasteiger partial charge in [-0.1, -0.05) is 6.92 Å². The van der Waals surface area contributed by atoms with Crippen molar-refractivity contribution in [3.05, 3.63) is 29.8 Å². The summed E-state index contributed by atoms with van der Waals surface area (Å²) in [7, 11) is -1.62. The molecule has 138 valence electrons. The Morgan fingerprint density at radius 2 is 1.96 bits per heavy atom. The van der Waals surface area contributed by atoms with E-state index in [1.807, 2.05) is 11.8 Å². The van der Waals surface area contributed by atoms with Crippen LogP contribution in [0.3, 0.4) is 0 Å². The zero-order valence-electron chi connectivity index (χ0n) is 14.5. The topological polar surface area (TPSA) is 92.8 Å². The molecule has 1 aromatic carbocycles. The van der Waals surface area contributed by atoms with E-state index in [2.05, 4.69) is 10.1 Å².